The topological polar surface area (TPSA) is 56.7 Å². The van der Waals surface area contributed by atoms with Gasteiger partial charge in [-0.2, -0.15) is 0 Å². The van der Waals surface area contributed by atoms with Crippen molar-refractivity contribution in [3.63, 3.8) is 0 Å². The molecule has 326 valence electrons. The molecular formula is C65H40N4O. The Bertz CT molecular complexity index is 4270. The lowest BCUT2D eigenvalue weighted by molar-refractivity contribution is 0.669. The number of nitrogens with zero attached hydrogens (tertiary/aromatic N) is 4. The summed E-state index contributed by atoms with van der Waals surface area (Å²) >= 11 is 0. The van der Waals surface area contributed by atoms with Crippen LogP contribution in [0.2, 0.25) is 0 Å². The van der Waals surface area contributed by atoms with Crippen LogP contribution in [0.25, 0.3) is 139 Å². The molecule has 0 saturated carbocycles. The van der Waals surface area contributed by atoms with Gasteiger partial charge in [0.1, 0.15) is 11.2 Å². The molecule has 0 unspecified atom stereocenters. The number of benzene rings is 10. The van der Waals surface area contributed by atoms with Gasteiger partial charge in [-0.1, -0.05) is 188 Å². The number of furan rings is 1. The van der Waals surface area contributed by atoms with Gasteiger partial charge < -0.3 is 8.98 Å². The molecule has 0 N–H and O–H groups in total. The van der Waals surface area contributed by atoms with Crippen LogP contribution < -0.4 is 0 Å². The zero-order valence-electron chi connectivity index (χ0n) is 37.8. The number of pyridine rings is 1. The molecule has 0 radical (unpaired) electrons. The van der Waals surface area contributed by atoms with Crippen LogP contribution in [0, 0.1) is 0 Å². The smallest absolute Gasteiger partial charge is 0.160 e. The van der Waals surface area contributed by atoms with Crippen LogP contribution in [0.5, 0.6) is 0 Å². The highest BCUT2D eigenvalue weighted by Crippen LogP contribution is 2.46. The Labute approximate surface area is 403 Å². The standard InChI is InChI=1S/C65H40N4O/c1-3-16-42(17-4-1)55-40-56(43-34-36-48(37-35-43)69-57-27-12-8-22-49(57)50-23-9-13-28-58(50)69)68-65(67-55)45-32-30-41(31-33-45)46-20-15-21-47(38-46)64-53-39-60-63(52-25-10-14-29-59(52)70-60)61(44-18-5-2-6-19-44)62(53)51-24-7-11-26-54(51)66-64/h1-40H. The molecule has 70 heavy (non-hydrogen) atoms. The third-order valence-corrected chi connectivity index (χ3v) is 13.8. The number of fused-ring (bicyclic) bond motifs is 9. The van der Waals surface area contributed by atoms with Crippen molar-refractivity contribution in [2.24, 2.45) is 0 Å². The van der Waals surface area contributed by atoms with Gasteiger partial charge in [-0.15, -0.1) is 0 Å². The van der Waals surface area contributed by atoms with Crippen molar-refractivity contribution in [1.82, 2.24) is 19.5 Å². The molecule has 0 spiro atoms. The maximum Gasteiger partial charge on any atom is 0.160 e. The van der Waals surface area contributed by atoms with Crippen molar-refractivity contribution in [1.29, 1.82) is 0 Å². The van der Waals surface area contributed by atoms with E-state index in [-0.39, 0.29) is 0 Å². The maximum atomic E-state index is 6.64. The Hall–Kier alpha value is -9.45. The lowest BCUT2D eigenvalue weighted by atomic mass is 9.89. The van der Waals surface area contributed by atoms with Gasteiger partial charge in [0.05, 0.1) is 33.6 Å². The van der Waals surface area contributed by atoms with E-state index in [1.165, 1.54) is 21.8 Å². The predicted octanol–water partition coefficient (Wildman–Crippen LogP) is 17.2. The first-order valence-electron chi connectivity index (χ1n) is 23.7. The Balaban J connectivity index is 0.861. The summed E-state index contributed by atoms with van der Waals surface area (Å²) in [6.45, 7) is 0. The lowest BCUT2D eigenvalue weighted by Crippen LogP contribution is -1.97. The fourth-order valence-electron chi connectivity index (χ4n) is 10.6. The normalized spacial score (nSPS) is 11.7. The molecule has 10 aromatic carbocycles. The van der Waals surface area contributed by atoms with E-state index in [9.17, 15) is 0 Å². The zero-order valence-corrected chi connectivity index (χ0v) is 37.8. The van der Waals surface area contributed by atoms with Crippen LogP contribution in [-0.2, 0) is 0 Å². The summed E-state index contributed by atoms with van der Waals surface area (Å²) < 4.78 is 8.98. The monoisotopic (exact) mass is 892 g/mol. The molecule has 4 aromatic heterocycles. The zero-order chi connectivity index (χ0) is 46.1. The fourth-order valence-corrected chi connectivity index (χ4v) is 10.6. The van der Waals surface area contributed by atoms with Gasteiger partial charge in [0.15, 0.2) is 5.82 Å². The molecule has 0 bridgehead atoms. The van der Waals surface area contributed by atoms with Crippen LogP contribution >= 0.6 is 0 Å². The summed E-state index contributed by atoms with van der Waals surface area (Å²) in [7, 11) is 0. The number of hydrogen-bond donors (Lipinski definition) is 0. The van der Waals surface area contributed by atoms with Gasteiger partial charge in [0.2, 0.25) is 0 Å². The SMILES string of the molecule is c1ccc(-c2cc(-c3ccc(-n4c5ccccc5c5ccccc54)cc3)nc(-c3ccc(-c4cccc(-c5nc6ccccc6c6c(-c7ccccc7)c7c(cc56)oc5ccccc57)c4)cc3)n2)cc1. The van der Waals surface area contributed by atoms with Crippen molar-refractivity contribution < 1.29 is 4.42 Å². The maximum absolute atomic E-state index is 6.64. The second-order valence-corrected chi connectivity index (χ2v) is 17.9. The minimum atomic E-state index is 0.668. The van der Waals surface area contributed by atoms with Crippen LogP contribution in [-0.4, -0.2) is 19.5 Å². The fraction of sp³-hybridized carbons (Fsp3) is 0. The molecule has 4 heterocycles. The first-order chi connectivity index (χ1) is 34.7. The molecule has 5 nitrogen and oxygen atoms in total. The van der Waals surface area contributed by atoms with Crippen molar-refractivity contribution >= 4 is 65.4 Å². The third kappa shape index (κ3) is 6.51. The van der Waals surface area contributed by atoms with Crippen LogP contribution in [0.1, 0.15) is 0 Å². The van der Waals surface area contributed by atoms with Crippen molar-refractivity contribution in [2.75, 3.05) is 0 Å². The highest BCUT2D eigenvalue weighted by Gasteiger charge is 2.22. The average molecular weight is 893 g/mol. The molecule has 0 amide bonds. The molecular weight excluding hydrogens is 853 g/mol. The largest absolute Gasteiger partial charge is 0.456 e. The lowest BCUT2D eigenvalue weighted by Gasteiger charge is -2.16. The second kappa shape index (κ2) is 16.1. The molecule has 0 aliphatic rings. The third-order valence-electron chi connectivity index (χ3n) is 13.8. The predicted molar refractivity (Wildman–Crippen MR) is 289 cm³/mol. The Morgan fingerprint density at radius 1 is 0.314 bits per heavy atom. The highest BCUT2D eigenvalue weighted by atomic mass is 16.3. The van der Waals surface area contributed by atoms with Crippen molar-refractivity contribution in [3.05, 3.63) is 243 Å². The van der Waals surface area contributed by atoms with E-state index in [0.717, 1.165) is 111 Å². The van der Waals surface area contributed by atoms with Crippen LogP contribution in [0.15, 0.2) is 247 Å². The summed E-state index contributed by atoms with van der Waals surface area (Å²) in [6.07, 6.45) is 0. The summed E-state index contributed by atoms with van der Waals surface area (Å²) in [5.41, 5.74) is 17.2. The first kappa shape index (κ1) is 39.7. The van der Waals surface area contributed by atoms with E-state index in [1.807, 2.05) is 12.1 Å². The average Bonchev–Trinajstić information content (AvgIpc) is 3.98. The minimum absolute atomic E-state index is 0.668. The van der Waals surface area contributed by atoms with E-state index < -0.39 is 0 Å². The molecule has 14 aromatic rings. The van der Waals surface area contributed by atoms with E-state index >= 15 is 0 Å². The van der Waals surface area contributed by atoms with Gasteiger partial charge in [0, 0.05) is 71.2 Å². The summed E-state index contributed by atoms with van der Waals surface area (Å²) in [5, 5.41) is 8.02. The summed E-state index contributed by atoms with van der Waals surface area (Å²) in [5.74, 6) is 0.668. The van der Waals surface area contributed by atoms with Crippen molar-refractivity contribution in [3.8, 4) is 73.1 Å². The van der Waals surface area contributed by atoms with E-state index in [2.05, 4.69) is 235 Å². The highest BCUT2D eigenvalue weighted by molar-refractivity contribution is 6.27. The summed E-state index contributed by atoms with van der Waals surface area (Å²) in [4.78, 5) is 15.8. The number of hydrogen-bond acceptors (Lipinski definition) is 4. The van der Waals surface area contributed by atoms with Gasteiger partial charge >= 0.3 is 0 Å². The molecule has 0 atom stereocenters. The summed E-state index contributed by atoms with van der Waals surface area (Å²) in [6, 6.07) is 85.4. The van der Waals surface area contributed by atoms with Crippen molar-refractivity contribution in [2.45, 2.75) is 0 Å². The van der Waals surface area contributed by atoms with E-state index in [0.29, 0.717) is 5.82 Å². The number of aromatic nitrogens is 4. The molecule has 0 saturated heterocycles. The van der Waals surface area contributed by atoms with Gasteiger partial charge in [-0.3, -0.25) is 0 Å². The van der Waals surface area contributed by atoms with Gasteiger partial charge in [-0.25, -0.2) is 15.0 Å². The molecule has 14 rings (SSSR count). The van der Waals surface area contributed by atoms with Gasteiger partial charge in [0.25, 0.3) is 0 Å². The van der Waals surface area contributed by atoms with Crippen LogP contribution in [0.3, 0.4) is 0 Å². The quantitative estimate of drug-likeness (QED) is 0.150. The molecule has 0 aliphatic heterocycles. The Morgan fingerprint density at radius 3 is 1.57 bits per heavy atom. The van der Waals surface area contributed by atoms with E-state index in [1.54, 1.807) is 0 Å². The Kier molecular flexibility index (Phi) is 9.14. The minimum Gasteiger partial charge on any atom is -0.456 e. The molecule has 5 heteroatoms. The molecule has 0 fully saturated rings. The number of rotatable bonds is 7. The van der Waals surface area contributed by atoms with Crippen LogP contribution in [0.4, 0.5) is 0 Å². The first-order valence-corrected chi connectivity index (χ1v) is 23.7. The van der Waals surface area contributed by atoms with Gasteiger partial charge in [-0.05, 0) is 71.3 Å². The molecule has 0 aliphatic carbocycles. The number of para-hydroxylation sites is 4. The Morgan fingerprint density at radius 2 is 0.857 bits per heavy atom. The second-order valence-electron chi connectivity index (χ2n) is 17.9. The van der Waals surface area contributed by atoms with E-state index in [4.69, 9.17) is 19.4 Å².